The van der Waals surface area contributed by atoms with Crippen LogP contribution in [0.2, 0.25) is 0 Å². The molecule has 1 amide bonds. The highest BCUT2D eigenvalue weighted by Crippen LogP contribution is 2.29. The highest BCUT2D eigenvalue weighted by molar-refractivity contribution is 6.44. The standard InChI is InChI=1S/C24H24FN5O3/c1-13-20(22(32)18(31)10-24(3,4)19-11-27-12-28-19)14(2)30(6)21(13)23(33)29-15-7-8-16(25)17(9-15)26-5/h7-9,11-12H,10H2,1-4,6H3,(H,27,28)(H,29,33). The predicted octanol–water partition coefficient (Wildman–Crippen LogP) is 4.43. The van der Waals surface area contributed by atoms with Crippen LogP contribution in [0.5, 0.6) is 0 Å². The van der Waals surface area contributed by atoms with Crippen molar-refractivity contribution in [2.45, 2.75) is 39.5 Å². The van der Waals surface area contributed by atoms with Crippen LogP contribution in [-0.2, 0) is 17.3 Å². The van der Waals surface area contributed by atoms with E-state index in [9.17, 15) is 18.8 Å². The van der Waals surface area contributed by atoms with Gasteiger partial charge in [0.1, 0.15) is 11.5 Å². The van der Waals surface area contributed by atoms with Crippen LogP contribution in [0.25, 0.3) is 4.85 Å². The van der Waals surface area contributed by atoms with Gasteiger partial charge < -0.3 is 14.9 Å². The summed E-state index contributed by atoms with van der Waals surface area (Å²) < 4.78 is 15.1. The van der Waals surface area contributed by atoms with Crippen molar-refractivity contribution in [1.29, 1.82) is 0 Å². The average Bonchev–Trinajstić information content (AvgIpc) is 3.37. The lowest BCUT2D eigenvalue weighted by atomic mass is 9.82. The zero-order chi connectivity index (χ0) is 24.5. The largest absolute Gasteiger partial charge is 0.348 e. The third-order valence-corrected chi connectivity index (χ3v) is 5.78. The van der Waals surface area contributed by atoms with Crippen LogP contribution < -0.4 is 5.32 Å². The summed E-state index contributed by atoms with van der Waals surface area (Å²) in [7, 11) is 1.63. The van der Waals surface area contributed by atoms with Crippen molar-refractivity contribution in [3.05, 3.63) is 76.2 Å². The monoisotopic (exact) mass is 449 g/mol. The van der Waals surface area contributed by atoms with E-state index in [0.29, 0.717) is 11.3 Å². The molecule has 2 N–H and O–H groups in total. The van der Waals surface area contributed by atoms with Crippen molar-refractivity contribution in [2.24, 2.45) is 7.05 Å². The molecule has 3 aromatic rings. The van der Waals surface area contributed by atoms with Crippen molar-refractivity contribution in [1.82, 2.24) is 14.5 Å². The molecule has 0 saturated carbocycles. The number of nitrogens with one attached hydrogen (secondary N) is 2. The highest BCUT2D eigenvalue weighted by Gasteiger charge is 2.33. The molecule has 0 aliphatic carbocycles. The molecule has 0 radical (unpaired) electrons. The van der Waals surface area contributed by atoms with Crippen LogP contribution in [0.15, 0.2) is 30.7 Å². The summed E-state index contributed by atoms with van der Waals surface area (Å²) in [5.41, 5.74) is 1.39. The second-order valence-electron chi connectivity index (χ2n) is 8.50. The minimum absolute atomic E-state index is 0.0295. The number of aromatic amines is 1. The van der Waals surface area contributed by atoms with E-state index >= 15 is 0 Å². The molecular weight excluding hydrogens is 425 g/mol. The van der Waals surface area contributed by atoms with E-state index in [1.807, 2.05) is 13.8 Å². The van der Waals surface area contributed by atoms with Crippen LogP contribution in [0.4, 0.5) is 15.8 Å². The number of hydrogen-bond acceptors (Lipinski definition) is 4. The summed E-state index contributed by atoms with van der Waals surface area (Å²) in [6.45, 7) is 14.0. The van der Waals surface area contributed by atoms with E-state index in [1.165, 1.54) is 18.5 Å². The molecule has 2 aromatic heterocycles. The average molecular weight is 449 g/mol. The Kier molecular flexibility index (Phi) is 6.31. The smallest absolute Gasteiger partial charge is 0.272 e. The number of carbonyl (C=O) groups is 3. The van der Waals surface area contributed by atoms with Crippen LogP contribution in [0.1, 0.15) is 58.1 Å². The van der Waals surface area contributed by atoms with Gasteiger partial charge in [0.15, 0.2) is 0 Å². The molecule has 9 heteroatoms. The molecule has 1 aromatic carbocycles. The number of aromatic nitrogens is 3. The number of carbonyl (C=O) groups excluding carboxylic acids is 3. The number of imidazole rings is 1. The number of anilines is 1. The van der Waals surface area contributed by atoms with E-state index < -0.39 is 28.7 Å². The lowest BCUT2D eigenvalue weighted by Crippen LogP contribution is -2.27. The van der Waals surface area contributed by atoms with Gasteiger partial charge in [-0.3, -0.25) is 14.4 Å². The van der Waals surface area contributed by atoms with Gasteiger partial charge in [0.25, 0.3) is 5.91 Å². The third-order valence-electron chi connectivity index (χ3n) is 5.78. The number of amides is 1. The van der Waals surface area contributed by atoms with Gasteiger partial charge in [-0.2, -0.15) is 0 Å². The summed E-state index contributed by atoms with van der Waals surface area (Å²) in [5.74, 6) is -2.45. The zero-order valence-corrected chi connectivity index (χ0v) is 19.0. The Morgan fingerprint density at radius 3 is 2.58 bits per heavy atom. The molecule has 0 fully saturated rings. The number of H-pyrrole nitrogens is 1. The first-order valence-corrected chi connectivity index (χ1v) is 10.2. The SMILES string of the molecule is [C-]#[N+]c1cc(NC(=O)c2c(C)c(C(=O)C(=O)CC(C)(C)c3cnc[nH]3)c(C)n2C)ccc1F. The minimum atomic E-state index is -0.682. The first-order chi connectivity index (χ1) is 15.5. The molecule has 0 spiro atoms. The molecule has 0 saturated heterocycles. The summed E-state index contributed by atoms with van der Waals surface area (Å²) in [6.07, 6.45) is 3.11. The molecule has 0 bridgehead atoms. The molecule has 170 valence electrons. The first kappa shape index (κ1) is 23.6. The second-order valence-corrected chi connectivity index (χ2v) is 8.50. The maximum atomic E-state index is 13.6. The van der Waals surface area contributed by atoms with Crippen LogP contribution in [0, 0.1) is 26.2 Å². The predicted molar refractivity (Wildman–Crippen MR) is 121 cm³/mol. The van der Waals surface area contributed by atoms with Gasteiger partial charge >= 0.3 is 0 Å². The van der Waals surface area contributed by atoms with Crippen molar-refractivity contribution in [3.63, 3.8) is 0 Å². The Morgan fingerprint density at radius 1 is 1.27 bits per heavy atom. The Hall–Kier alpha value is -4.06. The quantitative estimate of drug-likeness (QED) is 0.317. The number of benzene rings is 1. The summed E-state index contributed by atoms with van der Waals surface area (Å²) in [5, 5.41) is 2.63. The van der Waals surface area contributed by atoms with Crippen molar-refractivity contribution >= 4 is 28.8 Å². The van der Waals surface area contributed by atoms with Crippen LogP contribution in [0.3, 0.4) is 0 Å². The van der Waals surface area contributed by atoms with Crippen molar-refractivity contribution in [3.8, 4) is 0 Å². The Labute approximate surface area is 190 Å². The summed E-state index contributed by atoms with van der Waals surface area (Å²) >= 11 is 0. The van der Waals surface area contributed by atoms with Gasteiger partial charge in [-0.05, 0) is 37.6 Å². The van der Waals surface area contributed by atoms with Gasteiger partial charge in [-0.15, -0.1) is 0 Å². The molecule has 8 nitrogen and oxygen atoms in total. The van der Waals surface area contributed by atoms with E-state index in [-0.39, 0.29) is 29.1 Å². The molecule has 0 aliphatic heterocycles. The minimum Gasteiger partial charge on any atom is -0.348 e. The fraction of sp³-hybridized carbons (Fsp3) is 0.292. The Bertz CT molecular complexity index is 1300. The first-order valence-electron chi connectivity index (χ1n) is 10.2. The number of halogens is 1. The molecule has 2 heterocycles. The molecule has 0 atom stereocenters. The normalized spacial score (nSPS) is 11.2. The van der Waals surface area contributed by atoms with Gasteiger partial charge in [-0.25, -0.2) is 14.2 Å². The van der Waals surface area contributed by atoms with Gasteiger partial charge in [-0.1, -0.05) is 13.8 Å². The van der Waals surface area contributed by atoms with Crippen molar-refractivity contribution in [2.75, 3.05) is 5.32 Å². The number of nitrogens with zero attached hydrogens (tertiary/aromatic N) is 3. The Balaban J connectivity index is 1.88. The molecule has 0 unspecified atom stereocenters. The molecular formula is C24H24FN5O3. The fourth-order valence-electron chi connectivity index (χ4n) is 3.84. The second kappa shape index (κ2) is 8.82. The highest BCUT2D eigenvalue weighted by atomic mass is 19.1. The number of ketones is 2. The molecule has 3 rings (SSSR count). The Morgan fingerprint density at radius 2 is 1.97 bits per heavy atom. The van der Waals surface area contributed by atoms with E-state index in [0.717, 1.165) is 11.8 Å². The van der Waals surface area contributed by atoms with E-state index in [2.05, 4.69) is 20.1 Å². The fourth-order valence-corrected chi connectivity index (χ4v) is 3.84. The van der Waals surface area contributed by atoms with E-state index in [4.69, 9.17) is 6.57 Å². The van der Waals surface area contributed by atoms with E-state index in [1.54, 1.807) is 31.7 Å². The maximum Gasteiger partial charge on any atom is 0.272 e. The maximum absolute atomic E-state index is 13.6. The lowest BCUT2D eigenvalue weighted by Gasteiger charge is -2.21. The number of rotatable bonds is 7. The van der Waals surface area contributed by atoms with Gasteiger partial charge in [0.05, 0.1) is 18.5 Å². The summed E-state index contributed by atoms with van der Waals surface area (Å²) in [6, 6.07) is 3.68. The van der Waals surface area contributed by atoms with Gasteiger partial charge in [0.2, 0.25) is 17.3 Å². The van der Waals surface area contributed by atoms with Crippen LogP contribution in [-0.4, -0.2) is 32.0 Å². The molecule has 0 aliphatic rings. The lowest BCUT2D eigenvalue weighted by molar-refractivity contribution is -0.116. The number of hydrogen-bond donors (Lipinski definition) is 2. The number of Topliss-reactive ketones (excluding diaryl/α,β-unsaturated/α-hetero) is 2. The topological polar surface area (TPSA) is 101 Å². The third kappa shape index (κ3) is 4.46. The zero-order valence-electron chi connectivity index (χ0n) is 19.0. The van der Waals surface area contributed by atoms with Crippen LogP contribution >= 0.6 is 0 Å². The molecule has 33 heavy (non-hydrogen) atoms. The summed E-state index contributed by atoms with van der Waals surface area (Å²) in [4.78, 5) is 49.0. The van der Waals surface area contributed by atoms with Crippen molar-refractivity contribution < 1.29 is 18.8 Å². The van der Waals surface area contributed by atoms with Gasteiger partial charge in [0, 0.05) is 42.2 Å².